The normalized spacial score (nSPS) is 12.0. The third kappa shape index (κ3) is 4.71. The molecule has 4 rings (SSSR count). The lowest BCUT2D eigenvalue weighted by Gasteiger charge is -2.18. The molecule has 156 valence electrons. The van der Waals surface area contributed by atoms with Gasteiger partial charge in [0.2, 0.25) is 5.78 Å². The van der Waals surface area contributed by atoms with E-state index in [4.69, 9.17) is 39.5 Å². The van der Waals surface area contributed by atoms with E-state index in [1.165, 1.54) is 22.9 Å². The number of fused-ring (bicyclic) bond motifs is 1. The molecule has 0 aliphatic rings. The third-order valence-corrected chi connectivity index (χ3v) is 5.38. The van der Waals surface area contributed by atoms with Crippen LogP contribution in [-0.2, 0) is 11.3 Å². The fourth-order valence-corrected chi connectivity index (χ4v) is 3.64. The highest BCUT2D eigenvalue weighted by molar-refractivity contribution is 6.36. The van der Waals surface area contributed by atoms with Crippen LogP contribution in [0.1, 0.15) is 20.7 Å². The van der Waals surface area contributed by atoms with Crippen LogP contribution < -0.4 is 0 Å². The minimum atomic E-state index is -1.18. The van der Waals surface area contributed by atoms with Crippen molar-refractivity contribution in [3.8, 4) is 0 Å². The molecule has 0 N–H and O–H groups in total. The van der Waals surface area contributed by atoms with Gasteiger partial charge in [0.15, 0.2) is 6.10 Å². The number of ketones is 1. The summed E-state index contributed by atoms with van der Waals surface area (Å²) in [6, 6.07) is 18.0. The summed E-state index contributed by atoms with van der Waals surface area (Å²) in [4.78, 5) is 26.0. The molecule has 1 atom stereocenters. The molecule has 0 saturated carbocycles. The summed E-state index contributed by atoms with van der Waals surface area (Å²) >= 11 is 18.0. The first-order valence-corrected chi connectivity index (χ1v) is 10.3. The van der Waals surface area contributed by atoms with Crippen molar-refractivity contribution < 1.29 is 14.3 Å². The van der Waals surface area contributed by atoms with Gasteiger partial charge in [-0.15, -0.1) is 5.10 Å². The van der Waals surface area contributed by atoms with Gasteiger partial charge < -0.3 is 4.74 Å². The van der Waals surface area contributed by atoms with Gasteiger partial charge in [-0.1, -0.05) is 52.1 Å². The summed E-state index contributed by atoms with van der Waals surface area (Å²) in [7, 11) is 0. The van der Waals surface area contributed by atoms with Gasteiger partial charge in [0, 0.05) is 15.6 Å². The predicted molar refractivity (Wildman–Crippen MR) is 119 cm³/mol. The van der Waals surface area contributed by atoms with E-state index < -0.39 is 17.9 Å². The fourth-order valence-electron chi connectivity index (χ4n) is 3.03. The molecule has 0 amide bonds. The number of hydrogen-bond acceptors (Lipinski definition) is 5. The van der Waals surface area contributed by atoms with Gasteiger partial charge >= 0.3 is 5.97 Å². The van der Waals surface area contributed by atoms with Gasteiger partial charge in [-0.2, -0.15) is 0 Å². The number of halogens is 3. The highest BCUT2D eigenvalue weighted by atomic mass is 35.5. The molecule has 4 aromatic rings. The van der Waals surface area contributed by atoms with E-state index in [9.17, 15) is 9.59 Å². The molecule has 1 heterocycles. The Balaban J connectivity index is 1.67. The summed E-state index contributed by atoms with van der Waals surface area (Å²) in [6.07, 6.45) is -1.18. The van der Waals surface area contributed by atoms with Crippen LogP contribution in [0.25, 0.3) is 11.0 Å². The summed E-state index contributed by atoms with van der Waals surface area (Å²) in [5, 5.41) is 9.17. The number of carbonyl (C=O) groups is 2. The molecule has 9 heteroatoms. The van der Waals surface area contributed by atoms with Crippen molar-refractivity contribution in [1.29, 1.82) is 0 Å². The fraction of sp³-hybridized carbons (Fsp3) is 0.0909. The van der Waals surface area contributed by atoms with Crippen molar-refractivity contribution in [3.05, 3.63) is 92.9 Å². The largest absolute Gasteiger partial charge is 0.448 e. The standard InChI is InChI=1S/C22H14Cl3N3O3/c23-14-7-5-13(6-8-14)21(29)20(12-28-19-4-2-1-3-18(19)26-27-28)31-22(30)16-10-9-15(24)11-17(16)25/h1-11,20H,12H2/t20-/m0/s1. The molecule has 6 nitrogen and oxygen atoms in total. The first-order valence-electron chi connectivity index (χ1n) is 9.16. The maximum atomic E-state index is 13.2. The third-order valence-electron chi connectivity index (χ3n) is 4.58. The number of para-hydroxylation sites is 1. The predicted octanol–water partition coefficient (Wildman–Crippen LogP) is 5.50. The molecule has 0 saturated heterocycles. The first-order chi connectivity index (χ1) is 14.9. The molecule has 0 fully saturated rings. The summed E-state index contributed by atoms with van der Waals surface area (Å²) < 4.78 is 7.11. The summed E-state index contributed by atoms with van der Waals surface area (Å²) in [5.74, 6) is -1.16. The number of hydrogen-bond donors (Lipinski definition) is 0. The molecule has 0 bridgehead atoms. The average molecular weight is 475 g/mol. The maximum Gasteiger partial charge on any atom is 0.340 e. The molecule has 31 heavy (non-hydrogen) atoms. The van der Waals surface area contributed by atoms with Gasteiger partial charge in [0.25, 0.3) is 0 Å². The molecular weight excluding hydrogens is 461 g/mol. The second-order valence-corrected chi connectivity index (χ2v) is 7.93. The number of ether oxygens (including phenoxy) is 1. The van der Waals surface area contributed by atoms with Crippen molar-refractivity contribution in [3.63, 3.8) is 0 Å². The first kappa shape index (κ1) is 21.3. The molecule has 3 aromatic carbocycles. The molecule has 0 aliphatic heterocycles. The minimum Gasteiger partial charge on any atom is -0.448 e. The number of nitrogens with zero attached hydrogens (tertiary/aromatic N) is 3. The van der Waals surface area contributed by atoms with Crippen LogP contribution in [0.5, 0.6) is 0 Å². The second-order valence-electron chi connectivity index (χ2n) is 6.65. The number of rotatable bonds is 6. The van der Waals surface area contributed by atoms with E-state index in [-0.39, 0.29) is 17.1 Å². The monoisotopic (exact) mass is 473 g/mol. The average Bonchev–Trinajstić information content (AvgIpc) is 3.16. The zero-order valence-electron chi connectivity index (χ0n) is 15.8. The summed E-state index contributed by atoms with van der Waals surface area (Å²) in [6.45, 7) is -0.0288. The number of esters is 1. The van der Waals surface area contributed by atoms with E-state index in [2.05, 4.69) is 10.3 Å². The summed E-state index contributed by atoms with van der Waals surface area (Å²) in [5.41, 5.74) is 1.81. The molecule has 0 unspecified atom stereocenters. The van der Waals surface area contributed by atoms with E-state index in [1.54, 1.807) is 30.3 Å². The van der Waals surface area contributed by atoms with Gasteiger partial charge in [0.05, 0.1) is 22.6 Å². The second kappa shape index (κ2) is 9.06. The Labute approximate surface area is 192 Å². The quantitative estimate of drug-likeness (QED) is 0.272. The molecule has 0 radical (unpaired) electrons. The maximum absolute atomic E-state index is 13.2. The van der Waals surface area contributed by atoms with E-state index >= 15 is 0 Å². The lowest BCUT2D eigenvalue weighted by molar-refractivity contribution is 0.0245. The molecule has 1 aromatic heterocycles. The Kier molecular flexibility index (Phi) is 6.23. The van der Waals surface area contributed by atoms with Crippen LogP contribution >= 0.6 is 34.8 Å². The molecular formula is C22H14Cl3N3O3. The number of aromatic nitrogens is 3. The molecule has 0 spiro atoms. The smallest absolute Gasteiger partial charge is 0.340 e. The zero-order valence-corrected chi connectivity index (χ0v) is 18.1. The van der Waals surface area contributed by atoms with Crippen LogP contribution in [-0.4, -0.2) is 32.9 Å². The Hall–Kier alpha value is -2.93. The number of benzene rings is 3. The molecule has 0 aliphatic carbocycles. The van der Waals surface area contributed by atoms with Crippen LogP contribution in [0.3, 0.4) is 0 Å². The Bertz CT molecular complexity index is 1270. The van der Waals surface area contributed by atoms with Gasteiger partial charge in [-0.25, -0.2) is 9.48 Å². The Morgan fingerprint density at radius 2 is 1.65 bits per heavy atom. The van der Waals surface area contributed by atoms with Crippen molar-refractivity contribution in [1.82, 2.24) is 15.0 Å². The highest BCUT2D eigenvalue weighted by Crippen LogP contribution is 2.23. The van der Waals surface area contributed by atoms with Gasteiger partial charge in [-0.05, 0) is 54.6 Å². The number of carbonyl (C=O) groups excluding carboxylic acids is 2. The van der Waals surface area contributed by atoms with Gasteiger partial charge in [0.1, 0.15) is 5.52 Å². The van der Waals surface area contributed by atoms with E-state index in [1.807, 2.05) is 18.2 Å². The van der Waals surface area contributed by atoms with Crippen LogP contribution in [0.4, 0.5) is 0 Å². The van der Waals surface area contributed by atoms with E-state index in [0.29, 0.717) is 26.6 Å². The van der Waals surface area contributed by atoms with Crippen molar-refractivity contribution in [2.75, 3.05) is 0 Å². The SMILES string of the molecule is O=C(O[C@@H](Cn1nnc2ccccc21)C(=O)c1ccc(Cl)cc1)c1ccc(Cl)cc1Cl. The van der Waals surface area contributed by atoms with Crippen LogP contribution in [0.2, 0.25) is 15.1 Å². The van der Waals surface area contributed by atoms with E-state index in [0.717, 1.165) is 0 Å². The minimum absolute atomic E-state index is 0.0288. The van der Waals surface area contributed by atoms with Crippen LogP contribution in [0.15, 0.2) is 66.7 Å². The van der Waals surface area contributed by atoms with Crippen molar-refractivity contribution in [2.45, 2.75) is 12.6 Å². The number of Topliss-reactive ketones (excluding diaryl/α,β-unsaturated/α-hetero) is 1. The lowest BCUT2D eigenvalue weighted by atomic mass is 10.1. The van der Waals surface area contributed by atoms with Crippen molar-refractivity contribution >= 4 is 57.6 Å². The Morgan fingerprint density at radius 3 is 2.39 bits per heavy atom. The topological polar surface area (TPSA) is 74.1 Å². The van der Waals surface area contributed by atoms with Crippen molar-refractivity contribution in [2.24, 2.45) is 0 Å². The Morgan fingerprint density at radius 1 is 0.935 bits per heavy atom. The lowest BCUT2D eigenvalue weighted by Crippen LogP contribution is -2.32. The van der Waals surface area contributed by atoms with Crippen LogP contribution in [0, 0.1) is 0 Å². The zero-order chi connectivity index (χ0) is 22.0. The highest BCUT2D eigenvalue weighted by Gasteiger charge is 2.27. The van der Waals surface area contributed by atoms with Gasteiger partial charge in [-0.3, -0.25) is 4.79 Å².